The number of methoxy groups -OCH3 is 1. The van der Waals surface area contributed by atoms with E-state index in [1.165, 1.54) is 10.4 Å². The topological polar surface area (TPSA) is 47.3 Å². The van der Waals surface area contributed by atoms with Crippen molar-refractivity contribution in [3.63, 3.8) is 0 Å². The average molecular weight is 268 g/mol. The summed E-state index contributed by atoms with van der Waals surface area (Å²) in [5, 5.41) is 6.31. The van der Waals surface area contributed by atoms with E-state index >= 15 is 0 Å². The van der Waals surface area contributed by atoms with Crippen molar-refractivity contribution in [2.45, 2.75) is 18.9 Å². The molecular formula is C12H16N2OS2. The van der Waals surface area contributed by atoms with Crippen LogP contribution in [0.4, 0.5) is 0 Å². The summed E-state index contributed by atoms with van der Waals surface area (Å²) in [7, 11) is 1.69. The quantitative estimate of drug-likeness (QED) is 0.625. The van der Waals surface area contributed by atoms with E-state index in [1.54, 1.807) is 29.8 Å². The largest absolute Gasteiger partial charge is 0.496 e. The molecule has 1 atom stereocenters. The predicted octanol–water partition coefficient (Wildman–Crippen LogP) is 2.96. The predicted molar refractivity (Wildman–Crippen MR) is 73.6 cm³/mol. The van der Waals surface area contributed by atoms with E-state index in [1.807, 2.05) is 11.4 Å². The van der Waals surface area contributed by atoms with Crippen LogP contribution in [0.1, 0.15) is 22.9 Å². The van der Waals surface area contributed by atoms with Gasteiger partial charge in [0.15, 0.2) is 0 Å². The fraction of sp³-hybridized carbons (Fsp3) is 0.333. The minimum absolute atomic E-state index is 0.157. The lowest BCUT2D eigenvalue weighted by Gasteiger charge is -2.15. The summed E-state index contributed by atoms with van der Waals surface area (Å²) in [5.74, 6) is 6.55. The van der Waals surface area contributed by atoms with E-state index in [9.17, 15) is 0 Å². The Balaban J connectivity index is 2.01. The Labute approximate surface area is 109 Å². The van der Waals surface area contributed by atoms with Crippen LogP contribution >= 0.6 is 22.7 Å². The molecule has 1 unspecified atom stereocenters. The van der Waals surface area contributed by atoms with Gasteiger partial charge in [0.25, 0.3) is 0 Å². The van der Waals surface area contributed by atoms with Gasteiger partial charge < -0.3 is 4.74 Å². The Morgan fingerprint density at radius 3 is 2.94 bits per heavy atom. The van der Waals surface area contributed by atoms with Crippen LogP contribution < -0.4 is 16.0 Å². The van der Waals surface area contributed by atoms with Gasteiger partial charge in [-0.15, -0.1) is 11.3 Å². The summed E-state index contributed by atoms with van der Waals surface area (Å²) in [6.45, 7) is 0. The van der Waals surface area contributed by atoms with Crippen molar-refractivity contribution in [3.8, 4) is 5.75 Å². The van der Waals surface area contributed by atoms with Gasteiger partial charge >= 0.3 is 0 Å². The maximum Gasteiger partial charge on any atom is 0.134 e. The van der Waals surface area contributed by atoms with Crippen molar-refractivity contribution < 1.29 is 4.74 Å². The van der Waals surface area contributed by atoms with Crippen LogP contribution in [0.25, 0.3) is 0 Å². The molecule has 0 radical (unpaired) electrons. The zero-order valence-electron chi connectivity index (χ0n) is 9.68. The zero-order chi connectivity index (χ0) is 12.1. The summed E-state index contributed by atoms with van der Waals surface area (Å²) in [6, 6.07) is 4.29. The van der Waals surface area contributed by atoms with Gasteiger partial charge in [0.2, 0.25) is 0 Å². The first-order valence-corrected chi connectivity index (χ1v) is 7.26. The minimum atomic E-state index is 0.157. The number of aryl methyl sites for hydroxylation is 1. The van der Waals surface area contributed by atoms with Crippen LogP contribution in [-0.4, -0.2) is 7.11 Å². The molecule has 0 aliphatic rings. The van der Waals surface area contributed by atoms with E-state index in [0.717, 1.165) is 18.6 Å². The lowest BCUT2D eigenvalue weighted by Crippen LogP contribution is -2.28. The van der Waals surface area contributed by atoms with Gasteiger partial charge in [-0.2, -0.15) is 11.3 Å². The first-order chi connectivity index (χ1) is 8.35. The van der Waals surface area contributed by atoms with Gasteiger partial charge in [0.05, 0.1) is 18.0 Å². The van der Waals surface area contributed by atoms with Crippen molar-refractivity contribution in [1.82, 2.24) is 5.43 Å². The third-order valence-corrected chi connectivity index (χ3v) is 4.44. The maximum atomic E-state index is 5.63. The number of hydrogen-bond acceptors (Lipinski definition) is 5. The molecule has 0 spiro atoms. The number of thiophene rings is 2. The zero-order valence-corrected chi connectivity index (χ0v) is 11.3. The van der Waals surface area contributed by atoms with Gasteiger partial charge in [-0.05, 0) is 46.7 Å². The molecule has 2 aromatic rings. The number of hydrazine groups is 1. The van der Waals surface area contributed by atoms with Crippen molar-refractivity contribution in [3.05, 3.63) is 38.7 Å². The highest BCUT2D eigenvalue weighted by molar-refractivity contribution is 7.10. The maximum absolute atomic E-state index is 5.63. The van der Waals surface area contributed by atoms with E-state index in [2.05, 4.69) is 22.3 Å². The molecule has 0 saturated heterocycles. The SMILES string of the molecule is COc1ccsc1C(CCc1ccsc1)NN. The van der Waals surface area contributed by atoms with E-state index in [0.29, 0.717) is 0 Å². The lowest BCUT2D eigenvalue weighted by molar-refractivity contribution is 0.400. The summed E-state index contributed by atoms with van der Waals surface area (Å²) < 4.78 is 5.32. The molecule has 5 heteroatoms. The highest BCUT2D eigenvalue weighted by Crippen LogP contribution is 2.32. The lowest BCUT2D eigenvalue weighted by atomic mass is 10.1. The Hall–Kier alpha value is -0.880. The minimum Gasteiger partial charge on any atom is -0.496 e. The number of ether oxygens (including phenoxy) is 1. The highest BCUT2D eigenvalue weighted by Gasteiger charge is 2.16. The number of hydrogen-bond donors (Lipinski definition) is 2. The van der Waals surface area contributed by atoms with Gasteiger partial charge in [-0.1, -0.05) is 0 Å². The Kier molecular flexibility index (Phi) is 4.56. The van der Waals surface area contributed by atoms with Crippen LogP contribution in [-0.2, 0) is 6.42 Å². The monoisotopic (exact) mass is 268 g/mol. The molecule has 3 N–H and O–H groups in total. The van der Waals surface area contributed by atoms with Crippen molar-refractivity contribution in [2.75, 3.05) is 7.11 Å². The third kappa shape index (κ3) is 3.07. The van der Waals surface area contributed by atoms with Crippen molar-refractivity contribution in [2.24, 2.45) is 5.84 Å². The van der Waals surface area contributed by atoms with E-state index in [-0.39, 0.29) is 6.04 Å². The van der Waals surface area contributed by atoms with Crippen LogP contribution in [0.3, 0.4) is 0 Å². The fourth-order valence-corrected chi connectivity index (χ4v) is 3.43. The van der Waals surface area contributed by atoms with Gasteiger partial charge in [0.1, 0.15) is 5.75 Å². The second kappa shape index (κ2) is 6.16. The first kappa shape index (κ1) is 12.6. The normalized spacial score (nSPS) is 12.6. The molecule has 0 aromatic carbocycles. The van der Waals surface area contributed by atoms with Crippen molar-refractivity contribution in [1.29, 1.82) is 0 Å². The van der Waals surface area contributed by atoms with Crippen LogP contribution in [0.15, 0.2) is 28.3 Å². The number of nitrogens with one attached hydrogen (secondary N) is 1. The molecule has 0 bridgehead atoms. The van der Waals surface area contributed by atoms with Crippen LogP contribution in [0, 0.1) is 0 Å². The summed E-state index contributed by atoms with van der Waals surface area (Å²) in [6.07, 6.45) is 2.00. The summed E-state index contributed by atoms with van der Waals surface area (Å²) >= 11 is 3.41. The first-order valence-electron chi connectivity index (χ1n) is 5.43. The fourth-order valence-electron chi connectivity index (χ4n) is 1.77. The Morgan fingerprint density at radius 1 is 1.41 bits per heavy atom. The molecular weight excluding hydrogens is 252 g/mol. The van der Waals surface area contributed by atoms with Crippen LogP contribution in [0.5, 0.6) is 5.75 Å². The molecule has 3 nitrogen and oxygen atoms in total. The molecule has 0 fully saturated rings. The molecule has 2 aromatic heterocycles. The number of rotatable bonds is 6. The second-order valence-electron chi connectivity index (χ2n) is 3.74. The van der Waals surface area contributed by atoms with Crippen molar-refractivity contribution >= 4 is 22.7 Å². The van der Waals surface area contributed by atoms with E-state index in [4.69, 9.17) is 10.6 Å². The Bertz CT molecular complexity index is 439. The van der Waals surface area contributed by atoms with Gasteiger partial charge in [-0.25, -0.2) is 0 Å². The average Bonchev–Trinajstić information content (AvgIpc) is 3.00. The molecule has 0 saturated carbocycles. The molecule has 0 aliphatic heterocycles. The van der Waals surface area contributed by atoms with Crippen LogP contribution in [0.2, 0.25) is 0 Å². The molecule has 0 amide bonds. The molecule has 2 rings (SSSR count). The Morgan fingerprint density at radius 2 is 2.29 bits per heavy atom. The number of nitrogens with two attached hydrogens (primary N) is 1. The molecule has 0 aliphatic carbocycles. The summed E-state index contributed by atoms with van der Waals surface area (Å²) in [4.78, 5) is 1.17. The highest BCUT2D eigenvalue weighted by atomic mass is 32.1. The van der Waals surface area contributed by atoms with Gasteiger partial charge in [0, 0.05) is 0 Å². The molecule has 17 heavy (non-hydrogen) atoms. The van der Waals surface area contributed by atoms with E-state index < -0.39 is 0 Å². The third-order valence-electron chi connectivity index (χ3n) is 2.70. The smallest absolute Gasteiger partial charge is 0.134 e. The van der Waals surface area contributed by atoms with Gasteiger partial charge in [-0.3, -0.25) is 11.3 Å². The standard InChI is InChI=1S/C12H16N2OS2/c1-15-11-5-7-17-12(11)10(14-13)3-2-9-4-6-16-8-9/h4-8,10,14H,2-3,13H2,1H3. The summed E-state index contributed by atoms with van der Waals surface area (Å²) in [5.41, 5.74) is 4.24. The molecule has 2 heterocycles. The molecule has 92 valence electrons. The second-order valence-corrected chi connectivity index (χ2v) is 5.47.